The van der Waals surface area contributed by atoms with Crippen molar-refractivity contribution in [2.75, 3.05) is 33.3 Å². The van der Waals surface area contributed by atoms with Crippen molar-refractivity contribution in [1.29, 1.82) is 0 Å². The number of hydrogen-bond acceptors (Lipinski definition) is 14. The van der Waals surface area contributed by atoms with E-state index in [4.69, 9.17) is 23.7 Å². The molecule has 6 aliphatic rings. The smallest absolute Gasteiger partial charge is 0.434 e. The van der Waals surface area contributed by atoms with Crippen molar-refractivity contribution < 1.29 is 61.5 Å². The van der Waals surface area contributed by atoms with Crippen molar-refractivity contribution in [2.24, 2.45) is 0 Å². The van der Waals surface area contributed by atoms with E-state index in [0.717, 1.165) is 23.5 Å². The molecule has 1 aromatic heterocycles. The Morgan fingerprint density at radius 3 is 2.48 bits per heavy atom. The van der Waals surface area contributed by atoms with Gasteiger partial charge in [0.15, 0.2) is 28.7 Å². The molecule has 3 N–H and O–H groups in total. The number of esters is 2. The van der Waals surface area contributed by atoms with Crippen LogP contribution in [0.1, 0.15) is 73.7 Å². The van der Waals surface area contributed by atoms with E-state index < -0.39 is 83.6 Å². The highest BCUT2D eigenvalue weighted by Crippen LogP contribution is 2.64. The van der Waals surface area contributed by atoms with Crippen LogP contribution in [0, 0.1) is 13.8 Å². The standard InChI is InChI=1S/C41H40F3N5O10S/c1-17-11-20-12-24-39(53)48-25-14-56-40(54)23(46-38(52)22-13-45-49(37(22)41(42,43)44)21-9-7-6-8-10-21)15-60-36(30(48)29(47(24)4)26(20)31(51)32(17)55-5)28-27(25)35-34(57-16-58-35)18(2)33(28)59-19(3)50/h6-11,13,23-25,29-30,36,39,51,53H,12,14-16H2,1-5H3,(H,46,52)/t23-,24-,25-,29+,30+,36+,39-/m0/s1. The van der Waals surface area contributed by atoms with Crippen LogP contribution >= 0.6 is 11.8 Å². The van der Waals surface area contributed by atoms with E-state index in [-0.39, 0.29) is 35.5 Å². The molecular formula is C41H40F3N5O10S. The van der Waals surface area contributed by atoms with Crippen molar-refractivity contribution in [1.82, 2.24) is 24.9 Å². The monoisotopic (exact) mass is 851 g/mol. The molecule has 60 heavy (non-hydrogen) atoms. The molecular weight excluding hydrogens is 812 g/mol. The number of amides is 1. The number of phenols is 1. The third-order valence-electron chi connectivity index (χ3n) is 12.1. The van der Waals surface area contributed by atoms with E-state index in [1.165, 1.54) is 38.3 Å². The van der Waals surface area contributed by atoms with Gasteiger partial charge in [-0.3, -0.25) is 19.4 Å². The number of phenolic OH excluding ortho intramolecular Hbond substituents is 1. The second kappa shape index (κ2) is 14.6. The average molecular weight is 852 g/mol. The number of fused-ring (bicyclic) bond motifs is 10. The largest absolute Gasteiger partial charge is 0.504 e. The third kappa shape index (κ3) is 6.07. The fourth-order valence-corrected chi connectivity index (χ4v) is 11.2. The van der Waals surface area contributed by atoms with Gasteiger partial charge in [0.1, 0.15) is 24.6 Å². The minimum absolute atomic E-state index is 0.0708. The van der Waals surface area contributed by atoms with Gasteiger partial charge in [-0.05, 0) is 50.6 Å². The fraction of sp³-hybridized carbons (Fsp3) is 0.415. The van der Waals surface area contributed by atoms with Gasteiger partial charge in [0, 0.05) is 41.0 Å². The van der Waals surface area contributed by atoms with Crippen LogP contribution in [0.3, 0.4) is 0 Å². The number of piperazine rings is 1. The topological polar surface area (TPSA) is 174 Å². The second-order valence-electron chi connectivity index (χ2n) is 15.4. The van der Waals surface area contributed by atoms with Crippen LogP contribution in [-0.4, -0.2) is 105 Å². The summed E-state index contributed by atoms with van der Waals surface area (Å²) in [5, 5.41) is 30.0. The summed E-state index contributed by atoms with van der Waals surface area (Å²) in [7, 11) is 3.31. The first kappa shape index (κ1) is 39.9. The number of carbonyl (C=O) groups excluding carboxylic acids is 3. The summed E-state index contributed by atoms with van der Waals surface area (Å²) in [6.45, 7) is 4.19. The summed E-state index contributed by atoms with van der Waals surface area (Å²) in [5.41, 5.74) is 1.39. The predicted octanol–water partition coefficient (Wildman–Crippen LogP) is 4.66. The molecule has 7 atom stereocenters. The molecule has 0 aliphatic carbocycles. The Bertz CT molecular complexity index is 2450. The van der Waals surface area contributed by atoms with E-state index >= 15 is 0 Å². The maximum absolute atomic E-state index is 14.6. The quantitative estimate of drug-likeness (QED) is 0.187. The lowest BCUT2D eigenvalue weighted by Crippen LogP contribution is -2.69. The Morgan fingerprint density at radius 1 is 1.05 bits per heavy atom. The first-order valence-corrected chi connectivity index (χ1v) is 20.2. The number of alkyl halides is 3. The molecule has 4 aromatic rings. The zero-order chi connectivity index (χ0) is 42.5. The Balaban J connectivity index is 1.19. The number of likely N-dealkylation sites (N-methyl/N-ethyl adjacent to an activating group) is 1. The maximum atomic E-state index is 14.6. The molecule has 3 aromatic carbocycles. The minimum Gasteiger partial charge on any atom is -0.504 e. The van der Waals surface area contributed by atoms with Gasteiger partial charge >= 0.3 is 18.1 Å². The average Bonchev–Trinajstić information content (AvgIpc) is 3.89. The van der Waals surface area contributed by atoms with E-state index in [9.17, 15) is 37.8 Å². The number of thioether (sulfide) groups is 1. The molecule has 15 nitrogen and oxygen atoms in total. The molecule has 2 saturated heterocycles. The Labute approximate surface area is 345 Å². The van der Waals surface area contributed by atoms with Gasteiger partial charge in [-0.1, -0.05) is 24.3 Å². The van der Waals surface area contributed by atoms with E-state index in [1.807, 2.05) is 29.8 Å². The lowest BCUT2D eigenvalue weighted by Gasteiger charge is -2.62. The number of aliphatic hydroxyl groups is 1. The summed E-state index contributed by atoms with van der Waals surface area (Å²) in [6, 6.07) is 5.08. The number of aromatic hydroxyl groups is 1. The molecule has 19 heteroatoms. The number of nitrogens with one attached hydrogen (secondary N) is 1. The van der Waals surface area contributed by atoms with Crippen LogP contribution in [0.2, 0.25) is 0 Å². The maximum Gasteiger partial charge on any atom is 0.434 e. The lowest BCUT2D eigenvalue weighted by molar-refractivity contribution is -0.184. The molecule has 6 aliphatic heterocycles. The molecule has 0 unspecified atom stereocenters. The Morgan fingerprint density at radius 2 is 1.78 bits per heavy atom. The third-order valence-corrected chi connectivity index (χ3v) is 13.5. The molecule has 10 rings (SSSR count). The summed E-state index contributed by atoms with van der Waals surface area (Å²) in [6.07, 6.45) is -5.04. The van der Waals surface area contributed by atoms with Gasteiger partial charge in [0.05, 0.1) is 47.9 Å². The number of methoxy groups -OCH3 is 1. The highest BCUT2D eigenvalue weighted by molar-refractivity contribution is 7.99. The minimum atomic E-state index is -5.01. The number of para-hydroxylation sites is 1. The van der Waals surface area contributed by atoms with Gasteiger partial charge < -0.3 is 39.2 Å². The number of benzene rings is 3. The molecule has 0 saturated carbocycles. The van der Waals surface area contributed by atoms with Crippen molar-refractivity contribution in [3.05, 3.63) is 87.2 Å². The summed E-state index contributed by atoms with van der Waals surface area (Å²) >= 11 is 1.15. The van der Waals surface area contributed by atoms with Gasteiger partial charge in [0.2, 0.25) is 6.79 Å². The van der Waals surface area contributed by atoms with E-state index in [2.05, 4.69) is 10.4 Å². The Hall–Kier alpha value is -5.50. The molecule has 7 heterocycles. The molecule has 1 amide bonds. The van der Waals surface area contributed by atoms with Gasteiger partial charge in [-0.2, -0.15) is 18.3 Å². The highest BCUT2D eigenvalue weighted by atomic mass is 32.2. The van der Waals surface area contributed by atoms with Gasteiger partial charge in [-0.25, -0.2) is 9.48 Å². The first-order chi connectivity index (χ1) is 28.6. The summed E-state index contributed by atoms with van der Waals surface area (Å²) < 4.78 is 74.1. The van der Waals surface area contributed by atoms with Crippen LogP contribution in [0.5, 0.6) is 28.7 Å². The normalized spacial score (nSPS) is 25.8. The van der Waals surface area contributed by atoms with Crippen molar-refractivity contribution in [2.45, 2.75) is 75.1 Å². The number of aryl methyl sites for hydroxylation is 1. The van der Waals surface area contributed by atoms with Crippen molar-refractivity contribution >= 4 is 29.6 Å². The van der Waals surface area contributed by atoms with Crippen LogP contribution in [0.15, 0.2) is 42.6 Å². The molecule has 316 valence electrons. The van der Waals surface area contributed by atoms with E-state index in [0.29, 0.717) is 50.4 Å². The van der Waals surface area contributed by atoms with Gasteiger partial charge in [0.25, 0.3) is 5.91 Å². The van der Waals surface area contributed by atoms with Crippen molar-refractivity contribution in [3.8, 4) is 34.4 Å². The number of ether oxygens (including phenoxy) is 5. The number of carbonyl (C=O) groups is 3. The molecule has 0 spiro atoms. The molecule has 0 radical (unpaired) electrons. The van der Waals surface area contributed by atoms with Crippen LogP contribution in [0.4, 0.5) is 13.2 Å². The van der Waals surface area contributed by atoms with Gasteiger partial charge in [-0.15, -0.1) is 11.8 Å². The number of rotatable bonds is 5. The highest BCUT2D eigenvalue weighted by Gasteiger charge is 2.60. The number of hydrogen-bond donors (Lipinski definition) is 3. The lowest BCUT2D eigenvalue weighted by atomic mass is 9.73. The first-order valence-electron chi connectivity index (χ1n) is 19.1. The van der Waals surface area contributed by atoms with E-state index in [1.54, 1.807) is 13.0 Å². The number of halogens is 3. The fourth-order valence-electron chi connectivity index (χ4n) is 9.67. The van der Waals surface area contributed by atoms with Crippen LogP contribution in [0.25, 0.3) is 5.69 Å². The van der Waals surface area contributed by atoms with Crippen LogP contribution in [-0.2, 0) is 26.9 Å². The number of nitrogens with zero attached hydrogens (tertiary/aromatic N) is 4. The van der Waals surface area contributed by atoms with Crippen molar-refractivity contribution in [3.63, 3.8) is 0 Å². The zero-order valence-electron chi connectivity index (χ0n) is 32.9. The zero-order valence-corrected chi connectivity index (χ0v) is 33.7. The summed E-state index contributed by atoms with van der Waals surface area (Å²) in [5.74, 6) is -2.02. The summed E-state index contributed by atoms with van der Waals surface area (Å²) in [4.78, 5) is 44.6. The SMILES string of the molecule is COc1c(C)cc2c(c1O)[C@@H]1[C@@H]3[C@@H]4SC[C@H](NC(=O)c5cnn(-c6ccccc6)c5C(F)(F)F)C(=O)OC[C@@H](c5c6c(c(C)c(OC(C)=O)c54)OCO6)N3[C@@H](O)[C@H](C2)N1C. The second-order valence-corrected chi connectivity index (χ2v) is 16.6. The number of aromatic nitrogens is 2. The molecule has 2 fully saturated rings. The Kier molecular flexibility index (Phi) is 9.72. The predicted molar refractivity (Wildman–Crippen MR) is 206 cm³/mol. The van der Waals surface area contributed by atoms with Crippen LogP contribution < -0.4 is 24.3 Å². The number of aliphatic hydroxyl groups excluding tert-OH is 1. The molecule has 4 bridgehead atoms.